The fourth-order valence-corrected chi connectivity index (χ4v) is 2.22. The van der Waals surface area contributed by atoms with Crippen LogP contribution in [0.15, 0.2) is 6.20 Å². The average Bonchev–Trinajstić information content (AvgIpc) is 2.18. The minimum atomic E-state index is -4.93. The van der Waals surface area contributed by atoms with Crippen molar-refractivity contribution in [3.05, 3.63) is 21.0 Å². The number of nitrogens with zero attached hydrogens (tertiary/aromatic N) is 1. The van der Waals surface area contributed by atoms with Gasteiger partial charge in [0.25, 0.3) is 6.43 Å². The zero-order valence-corrected chi connectivity index (χ0v) is 11.6. The highest BCUT2D eigenvalue weighted by molar-refractivity contribution is 14.1. The fraction of sp³-hybridized carbons (Fsp3) is 0.375. The van der Waals surface area contributed by atoms with Gasteiger partial charge in [0, 0.05) is 17.1 Å². The molecule has 0 saturated carbocycles. The summed E-state index contributed by atoms with van der Waals surface area (Å²) in [6.45, 7) is 0. The van der Waals surface area contributed by atoms with Gasteiger partial charge in [0.1, 0.15) is 11.4 Å². The summed E-state index contributed by atoms with van der Waals surface area (Å²) in [7, 11) is 0. The van der Waals surface area contributed by atoms with Crippen molar-refractivity contribution >= 4 is 38.5 Å². The molecule has 0 bridgehead atoms. The summed E-state index contributed by atoms with van der Waals surface area (Å²) in [6.07, 6.45) is -6.96. The van der Waals surface area contributed by atoms with Crippen LogP contribution in [0.25, 0.3) is 0 Å². The number of hydrogen-bond donors (Lipinski definition) is 0. The van der Waals surface area contributed by atoms with Crippen LogP contribution in [0.3, 0.4) is 0 Å². The molecule has 0 aliphatic rings. The van der Waals surface area contributed by atoms with E-state index < -0.39 is 24.2 Å². The third-order valence-corrected chi connectivity index (χ3v) is 3.29. The predicted octanol–water partition coefficient (Wildman–Crippen LogP) is 4.42. The molecule has 0 N–H and O–H groups in total. The van der Waals surface area contributed by atoms with Crippen molar-refractivity contribution in [2.75, 3.05) is 0 Å². The molecule has 1 aromatic heterocycles. The highest BCUT2D eigenvalue weighted by Gasteiger charge is 2.34. The monoisotopic (exact) mass is 431 g/mol. The molecule has 17 heavy (non-hydrogen) atoms. The molecular weight excluding hydrogens is 428 g/mol. The van der Waals surface area contributed by atoms with Gasteiger partial charge in [0.2, 0.25) is 0 Å². The Labute approximate surface area is 115 Å². The van der Waals surface area contributed by atoms with E-state index in [-0.39, 0.29) is 14.5 Å². The van der Waals surface area contributed by atoms with Crippen LogP contribution in [0.2, 0.25) is 0 Å². The second-order valence-corrected chi connectivity index (χ2v) is 4.43. The second-order valence-electron chi connectivity index (χ2n) is 2.79. The van der Waals surface area contributed by atoms with E-state index >= 15 is 0 Å². The molecule has 0 radical (unpaired) electrons. The van der Waals surface area contributed by atoms with Crippen molar-refractivity contribution in [2.45, 2.75) is 18.1 Å². The Balaban J connectivity index is 3.28. The Morgan fingerprint density at radius 1 is 1.41 bits per heavy atom. The maximum atomic E-state index is 12.5. The molecule has 0 aliphatic carbocycles. The van der Waals surface area contributed by atoms with Gasteiger partial charge in [0.15, 0.2) is 0 Å². The highest BCUT2D eigenvalue weighted by Crippen LogP contribution is 2.36. The van der Waals surface area contributed by atoms with Gasteiger partial charge in [-0.2, -0.15) is 0 Å². The van der Waals surface area contributed by atoms with E-state index in [1.807, 2.05) is 0 Å². The van der Waals surface area contributed by atoms with Gasteiger partial charge in [-0.15, -0.1) is 13.2 Å². The van der Waals surface area contributed by atoms with Crippen molar-refractivity contribution < 1.29 is 26.7 Å². The summed E-state index contributed by atoms with van der Waals surface area (Å²) >= 11 is 4.29. The standard InChI is InChI=1S/C8H4BrF5INO/c9-1-3-2-16-5(7(10)11)4(15)6(3)17-8(12,13)14/h2,7H,1H2. The van der Waals surface area contributed by atoms with Crippen LogP contribution in [0, 0.1) is 3.57 Å². The lowest BCUT2D eigenvalue weighted by atomic mass is 10.2. The molecule has 1 rings (SSSR count). The Kier molecular flexibility index (Phi) is 4.93. The maximum absolute atomic E-state index is 12.5. The minimum Gasteiger partial charge on any atom is -0.404 e. The van der Waals surface area contributed by atoms with E-state index in [1.54, 1.807) is 0 Å². The third kappa shape index (κ3) is 3.90. The van der Waals surface area contributed by atoms with Gasteiger partial charge in [0.05, 0.1) is 3.57 Å². The molecule has 1 heterocycles. The molecule has 1 aromatic rings. The molecule has 96 valence electrons. The molecule has 0 atom stereocenters. The van der Waals surface area contributed by atoms with Crippen LogP contribution in [-0.4, -0.2) is 11.3 Å². The van der Waals surface area contributed by atoms with Crippen LogP contribution in [0.5, 0.6) is 5.75 Å². The number of aromatic nitrogens is 1. The Hall–Kier alpha value is -0.190. The van der Waals surface area contributed by atoms with Gasteiger partial charge in [-0.3, -0.25) is 4.98 Å². The lowest BCUT2D eigenvalue weighted by Gasteiger charge is -2.15. The lowest BCUT2D eigenvalue weighted by Crippen LogP contribution is -2.19. The molecule has 0 aliphatic heterocycles. The molecular formula is C8H4BrF5INO. The van der Waals surface area contributed by atoms with Crippen LogP contribution in [0.4, 0.5) is 22.0 Å². The first-order chi connectivity index (χ1) is 7.76. The van der Waals surface area contributed by atoms with Crippen LogP contribution in [-0.2, 0) is 5.33 Å². The molecule has 0 amide bonds. The number of hydrogen-bond acceptors (Lipinski definition) is 2. The number of rotatable bonds is 3. The maximum Gasteiger partial charge on any atom is 0.573 e. The molecule has 9 heteroatoms. The second kappa shape index (κ2) is 5.63. The van der Waals surface area contributed by atoms with E-state index in [0.29, 0.717) is 0 Å². The average molecular weight is 432 g/mol. The van der Waals surface area contributed by atoms with Gasteiger partial charge in [-0.05, 0) is 22.6 Å². The largest absolute Gasteiger partial charge is 0.573 e. The van der Waals surface area contributed by atoms with E-state index in [2.05, 4.69) is 25.7 Å². The van der Waals surface area contributed by atoms with Gasteiger partial charge < -0.3 is 4.74 Å². The summed E-state index contributed by atoms with van der Waals surface area (Å²) in [5.41, 5.74) is -0.675. The summed E-state index contributed by atoms with van der Waals surface area (Å²) in [4.78, 5) is 3.40. The smallest absolute Gasteiger partial charge is 0.404 e. The molecule has 0 fully saturated rings. The van der Waals surface area contributed by atoms with Gasteiger partial charge in [-0.25, -0.2) is 8.78 Å². The Morgan fingerprint density at radius 2 is 2.00 bits per heavy atom. The van der Waals surface area contributed by atoms with Crippen LogP contribution < -0.4 is 4.74 Å². The van der Waals surface area contributed by atoms with E-state index in [0.717, 1.165) is 6.20 Å². The fourth-order valence-electron chi connectivity index (χ4n) is 0.993. The highest BCUT2D eigenvalue weighted by atomic mass is 127. The summed E-state index contributed by atoms with van der Waals surface area (Å²) in [5.74, 6) is -0.639. The molecule has 0 aromatic carbocycles. The van der Waals surface area contributed by atoms with Crippen molar-refractivity contribution in [1.29, 1.82) is 0 Å². The first-order valence-electron chi connectivity index (χ1n) is 4.03. The van der Waals surface area contributed by atoms with E-state index in [9.17, 15) is 22.0 Å². The van der Waals surface area contributed by atoms with Crippen molar-refractivity contribution in [3.8, 4) is 5.75 Å². The first-order valence-corrected chi connectivity index (χ1v) is 6.23. The molecule has 0 saturated heterocycles. The van der Waals surface area contributed by atoms with Crippen molar-refractivity contribution in [3.63, 3.8) is 0 Å². The predicted molar refractivity (Wildman–Crippen MR) is 61.2 cm³/mol. The summed E-state index contributed by atoms with van der Waals surface area (Å²) < 4.78 is 64.7. The van der Waals surface area contributed by atoms with E-state index in [4.69, 9.17) is 0 Å². The summed E-state index contributed by atoms with van der Waals surface area (Å²) in [6, 6.07) is 0. The lowest BCUT2D eigenvalue weighted by molar-refractivity contribution is -0.275. The molecule has 0 spiro atoms. The van der Waals surface area contributed by atoms with Crippen molar-refractivity contribution in [1.82, 2.24) is 4.98 Å². The van der Waals surface area contributed by atoms with Gasteiger partial charge in [-0.1, -0.05) is 15.9 Å². The zero-order valence-electron chi connectivity index (χ0n) is 7.86. The first kappa shape index (κ1) is 14.9. The molecule has 0 unspecified atom stereocenters. The van der Waals surface area contributed by atoms with Crippen LogP contribution >= 0.6 is 38.5 Å². The normalized spacial score (nSPS) is 12.0. The van der Waals surface area contributed by atoms with Crippen molar-refractivity contribution in [2.24, 2.45) is 0 Å². The number of alkyl halides is 6. The quantitative estimate of drug-likeness (QED) is 0.401. The Morgan fingerprint density at radius 3 is 2.41 bits per heavy atom. The van der Waals surface area contributed by atoms with E-state index in [1.165, 1.54) is 22.6 Å². The number of halogens is 7. The van der Waals surface area contributed by atoms with Gasteiger partial charge >= 0.3 is 6.36 Å². The summed E-state index contributed by atoms with van der Waals surface area (Å²) in [5, 5.41) is 0.0188. The zero-order chi connectivity index (χ0) is 13.2. The number of ether oxygens (including phenoxy) is 1. The molecule has 2 nitrogen and oxygen atoms in total. The SMILES string of the molecule is FC(F)c1ncc(CBr)c(OC(F)(F)F)c1I. The number of pyridine rings is 1. The minimum absolute atomic E-state index is 0.0188. The Bertz CT molecular complexity index is 412. The third-order valence-electron chi connectivity index (χ3n) is 1.64. The topological polar surface area (TPSA) is 22.1 Å². The van der Waals surface area contributed by atoms with Crippen LogP contribution in [0.1, 0.15) is 17.7 Å².